The monoisotopic (exact) mass is 554 g/mol. The fourth-order valence-corrected chi connectivity index (χ4v) is 5.26. The molecule has 2 amide bonds. The van der Waals surface area contributed by atoms with Gasteiger partial charge in [0, 0.05) is 30.8 Å². The van der Waals surface area contributed by atoms with Crippen molar-refractivity contribution in [1.82, 2.24) is 20.0 Å². The number of carbonyl (C=O) groups excluding carboxylic acids is 2. The Kier molecular flexibility index (Phi) is 6.75. The van der Waals surface area contributed by atoms with Crippen LogP contribution in [-0.2, 0) is 11.2 Å². The number of alkyl halides is 2. The number of amides is 2. The first-order valence-corrected chi connectivity index (χ1v) is 13.6. The summed E-state index contributed by atoms with van der Waals surface area (Å²) in [5.74, 6) is -4.92. The predicted molar refractivity (Wildman–Crippen MR) is 140 cm³/mol. The Hall–Kier alpha value is -3.89. The van der Waals surface area contributed by atoms with Gasteiger partial charge in [-0.25, -0.2) is 18.3 Å². The number of H-pyrrole nitrogens is 1. The normalized spacial score (nSPS) is 19.3. The summed E-state index contributed by atoms with van der Waals surface area (Å²) in [6.07, 6.45) is 4.74. The number of nitrogens with one attached hydrogen (secondary N) is 1. The zero-order valence-corrected chi connectivity index (χ0v) is 21.8. The molecule has 0 spiro atoms. The fraction of sp³-hybridized carbons (Fsp3) is 0.448. The number of fused-ring (bicyclic) bond motifs is 1. The summed E-state index contributed by atoms with van der Waals surface area (Å²) in [4.78, 5) is 40.1. The molecule has 1 aliphatic heterocycles. The van der Waals surface area contributed by atoms with Crippen LogP contribution in [0.15, 0.2) is 41.2 Å². The van der Waals surface area contributed by atoms with Gasteiger partial charge in [-0.2, -0.15) is 5.10 Å². The van der Waals surface area contributed by atoms with Gasteiger partial charge in [0.25, 0.3) is 17.4 Å². The molecule has 2 saturated carbocycles. The Bertz CT molecular complexity index is 1530. The summed E-state index contributed by atoms with van der Waals surface area (Å²) < 4.78 is 50.3. The minimum absolute atomic E-state index is 0.0312. The van der Waals surface area contributed by atoms with Crippen LogP contribution in [0.1, 0.15) is 53.7 Å². The Morgan fingerprint density at radius 2 is 1.75 bits per heavy atom. The lowest BCUT2D eigenvalue weighted by Crippen LogP contribution is -2.43. The number of hydrogen-bond donors (Lipinski definition) is 1. The molecule has 1 N–H and O–H groups in total. The number of halogens is 3. The van der Waals surface area contributed by atoms with E-state index in [1.807, 2.05) is 0 Å². The van der Waals surface area contributed by atoms with Crippen LogP contribution in [0.4, 0.5) is 13.2 Å². The van der Waals surface area contributed by atoms with E-state index in [9.17, 15) is 27.6 Å². The van der Waals surface area contributed by atoms with Crippen molar-refractivity contribution >= 4 is 22.6 Å². The lowest BCUT2D eigenvalue weighted by atomic mass is 9.96. The van der Waals surface area contributed by atoms with Gasteiger partial charge in [-0.1, -0.05) is 6.07 Å². The van der Waals surface area contributed by atoms with E-state index in [4.69, 9.17) is 4.74 Å². The van der Waals surface area contributed by atoms with Crippen LogP contribution in [0.2, 0.25) is 0 Å². The smallest absolute Gasteiger partial charge is 0.282 e. The zero-order valence-electron chi connectivity index (χ0n) is 21.8. The molecule has 1 saturated heterocycles. The molecule has 210 valence electrons. The van der Waals surface area contributed by atoms with Gasteiger partial charge in [0.05, 0.1) is 35.8 Å². The molecule has 2 heterocycles. The van der Waals surface area contributed by atoms with Crippen LogP contribution in [0.5, 0.6) is 5.75 Å². The van der Waals surface area contributed by atoms with Gasteiger partial charge < -0.3 is 14.5 Å². The lowest BCUT2D eigenvalue weighted by molar-refractivity contribution is -0.136. The van der Waals surface area contributed by atoms with E-state index < -0.39 is 30.7 Å². The molecule has 3 aliphatic rings. The topological polar surface area (TPSA) is 95.6 Å². The Balaban J connectivity index is 1.25. The molecular weight excluding hydrogens is 525 g/mol. The summed E-state index contributed by atoms with van der Waals surface area (Å²) in [5, 5.41) is 7.67. The first-order chi connectivity index (χ1) is 19.2. The van der Waals surface area contributed by atoms with Crippen molar-refractivity contribution in [2.24, 2.45) is 5.92 Å². The summed E-state index contributed by atoms with van der Waals surface area (Å²) in [7, 11) is 0. The SMILES string of the molecule is O=C(c1cc(Cc2n[nH]c(=O)c3ccc(OC4CCC4)cc23)ccc1F)N1CCN(C(=O)C2CC2)CC(F)(F)C1. The predicted octanol–water partition coefficient (Wildman–Crippen LogP) is 3.91. The minimum Gasteiger partial charge on any atom is -0.490 e. The molecule has 1 aromatic heterocycles. The second-order valence-corrected chi connectivity index (χ2v) is 11.0. The molecule has 0 unspecified atom stereocenters. The summed E-state index contributed by atoms with van der Waals surface area (Å²) in [6, 6.07) is 9.12. The van der Waals surface area contributed by atoms with Crippen LogP contribution in [-0.4, -0.2) is 70.0 Å². The largest absolute Gasteiger partial charge is 0.490 e. The molecule has 3 fully saturated rings. The van der Waals surface area contributed by atoms with E-state index in [0.29, 0.717) is 40.6 Å². The highest BCUT2D eigenvalue weighted by atomic mass is 19.3. The molecule has 0 atom stereocenters. The van der Waals surface area contributed by atoms with Crippen molar-refractivity contribution in [2.75, 3.05) is 26.2 Å². The molecule has 40 heavy (non-hydrogen) atoms. The standard InChI is InChI=1S/C29H29F3N4O4/c30-24-9-4-17(13-25-22-14-20(40-19-2-1-3-19)7-8-21(22)26(37)34-33-25)12-23(24)28(39)36-11-10-35(15-29(31,32)16-36)27(38)18-5-6-18/h4,7-9,12,14,18-19H,1-3,5-6,10-11,13,15-16H2,(H,34,37). The number of ether oxygens (including phenoxy) is 1. The van der Waals surface area contributed by atoms with E-state index >= 15 is 0 Å². The highest BCUT2D eigenvalue weighted by Gasteiger charge is 2.43. The number of hydrogen-bond acceptors (Lipinski definition) is 5. The van der Waals surface area contributed by atoms with Crippen LogP contribution in [0.3, 0.4) is 0 Å². The molecule has 11 heteroatoms. The Labute approximate surface area is 228 Å². The van der Waals surface area contributed by atoms with Crippen LogP contribution < -0.4 is 10.3 Å². The molecular formula is C29H29F3N4O4. The highest BCUT2D eigenvalue weighted by molar-refractivity contribution is 5.95. The maximum Gasteiger partial charge on any atom is 0.282 e. The quantitative estimate of drug-likeness (QED) is 0.499. The fourth-order valence-electron chi connectivity index (χ4n) is 5.26. The second-order valence-electron chi connectivity index (χ2n) is 11.0. The van der Waals surface area contributed by atoms with Crippen molar-refractivity contribution in [3.63, 3.8) is 0 Å². The average molecular weight is 555 g/mol. The molecule has 6 rings (SSSR count). The van der Waals surface area contributed by atoms with E-state index in [1.54, 1.807) is 18.2 Å². The van der Waals surface area contributed by atoms with Crippen LogP contribution in [0.25, 0.3) is 10.8 Å². The Morgan fingerprint density at radius 1 is 1.00 bits per heavy atom. The lowest BCUT2D eigenvalue weighted by Gasteiger charge is -2.26. The van der Waals surface area contributed by atoms with Gasteiger partial charge in [-0.05, 0) is 68.0 Å². The first kappa shape index (κ1) is 26.3. The average Bonchev–Trinajstić information content (AvgIpc) is 3.76. The third-order valence-corrected chi connectivity index (χ3v) is 7.84. The van der Waals surface area contributed by atoms with Gasteiger partial charge >= 0.3 is 0 Å². The number of rotatable bonds is 6. The zero-order chi connectivity index (χ0) is 28.0. The van der Waals surface area contributed by atoms with Gasteiger partial charge in [0.1, 0.15) is 11.6 Å². The second kappa shape index (κ2) is 10.3. The third kappa shape index (κ3) is 5.41. The van der Waals surface area contributed by atoms with Crippen molar-refractivity contribution in [3.8, 4) is 5.75 Å². The summed E-state index contributed by atoms with van der Waals surface area (Å²) in [6.45, 7) is -1.81. The van der Waals surface area contributed by atoms with Crippen molar-refractivity contribution < 1.29 is 27.5 Å². The molecule has 3 aromatic rings. The molecule has 2 aromatic carbocycles. The minimum atomic E-state index is -3.32. The van der Waals surface area contributed by atoms with E-state index in [1.165, 1.54) is 12.1 Å². The van der Waals surface area contributed by atoms with Gasteiger partial charge in [-0.3, -0.25) is 14.4 Å². The number of nitrogens with zero attached hydrogens (tertiary/aromatic N) is 3. The molecule has 0 radical (unpaired) electrons. The maximum atomic E-state index is 14.9. The summed E-state index contributed by atoms with van der Waals surface area (Å²) >= 11 is 0. The van der Waals surface area contributed by atoms with Crippen LogP contribution >= 0.6 is 0 Å². The summed E-state index contributed by atoms with van der Waals surface area (Å²) in [5.41, 5.74) is 0.315. The van der Waals surface area contributed by atoms with Crippen molar-refractivity contribution in [3.05, 3.63) is 69.4 Å². The first-order valence-electron chi connectivity index (χ1n) is 13.6. The van der Waals surface area contributed by atoms with Crippen LogP contribution in [0, 0.1) is 11.7 Å². The van der Waals surface area contributed by atoms with E-state index in [-0.39, 0.29) is 48.6 Å². The highest BCUT2D eigenvalue weighted by Crippen LogP contribution is 2.33. The van der Waals surface area contributed by atoms with Crippen molar-refractivity contribution in [1.29, 1.82) is 0 Å². The number of aromatic nitrogens is 2. The van der Waals surface area contributed by atoms with Gasteiger partial charge in [-0.15, -0.1) is 0 Å². The van der Waals surface area contributed by atoms with Crippen molar-refractivity contribution in [2.45, 2.75) is 50.6 Å². The number of aromatic amines is 1. The number of benzene rings is 2. The molecule has 8 nitrogen and oxygen atoms in total. The number of carbonyl (C=O) groups is 2. The van der Waals surface area contributed by atoms with Gasteiger partial charge in [0.2, 0.25) is 5.91 Å². The molecule has 0 bridgehead atoms. The van der Waals surface area contributed by atoms with E-state index in [2.05, 4.69) is 10.2 Å². The third-order valence-electron chi connectivity index (χ3n) is 7.84. The molecule has 2 aliphatic carbocycles. The van der Waals surface area contributed by atoms with Gasteiger partial charge in [0.15, 0.2) is 0 Å². The maximum absolute atomic E-state index is 14.9. The Morgan fingerprint density at radius 3 is 2.48 bits per heavy atom. The van der Waals surface area contributed by atoms with E-state index in [0.717, 1.165) is 35.1 Å².